The highest BCUT2D eigenvalue weighted by Gasteiger charge is 2.56. The fourth-order valence-corrected chi connectivity index (χ4v) is 3.76. The lowest BCUT2D eigenvalue weighted by atomic mass is 9.99. The Labute approximate surface area is 180 Å². The molecule has 31 heavy (non-hydrogen) atoms. The summed E-state index contributed by atoms with van der Waals surface area (Å²) in [5, 5.41) is 2.76. The predicted molar refractivity (Wildman–Crippen MR) is 111 cm³/mol. The van der Waals surface area contributed by atoms with Crippen molar-refractivity contribution in [3.05, 3.63) is 41.9 Å². The van der Waals surface area contributed by atoms with Crippen molar-refractivity contribution in [2.45, 2.75) is 51.8 Å². The third-order valence-corrected chi connectivity index (χ3v) is 5.35. The Bertz CT molecular complexity index is 1020. The molecule has 2 fully saturated rings. The van der Waals surface area contributed by atoms with Crippen molar-refractivity contribution in [3.63, 3.8) is 0 Å². The molecule has 1 spiro atoms. The number of ether oxygens (including phenoxy) is 1. The number of carbonyl (C=O) groups excluding carboxylic acids is 3. The van der Waals surface area contributed by atoms with Crippen LogP contribution in [0.2, 0.25) is 0 Å². The summed E-state index contributed by atoms with van der Waals surface area (Å²) >= 11 is 0. The van der Waals surface area contributed by atoms with E-state index < -0.39 is 29.2 Å². The van der Waals surface area contributed by atoms with E-state index >= 15 is 0 Å². The molecule has 2 aromatic rings. The van der Waals surface area contributed by atoms with Gasteiger partial charge < -0.3 is 19.4 Å². The second-order valence-corrected chi connectivity index (χ2v) is 9.04. The van der Waals surface area contributed by atoms with Crippen molar-refractivity contribution < 1.29 is 23.5 Å². The van der Waals surface area contributed by atoms with Crippen LogP contribution in [-0.4, -0.2) is 57.0 Å². The van der Waals surface area contributed by atoms with Gasteiger partial charge in [-0.3, -0.25) is 9.69 Å². The summed E-state index contributed by atoms with van der Waals surface area (Å²) < 4.78 is 11.1. The maximum Gasteiger partial charge on any atom is 0.410 e. The lowest BCUT2D eigenvalue weighted by Gasteiger charge is -2.25. The Kier molecular flexibility index (Phi) is 4.99. The number of hydrogen-bond acceptors (Lipinski definition) is 6. The summed E-state index contributed by atoms with van der Waals surface area (Å²) in [6.45, 7) is 7.65. The molecule has 4 amide bonds. The van der Waals surface area contributed by atoms with Gasteiger partial charge in [0.25, 0.3) is 5.91 Å². The van der Waals surface area contributed by atoms with Crippen molar-refractivity contribution in [2.75, 3.05) is 13.1 Å². The van der Waals surface area contributed by atoms with Gasteiger partial charge in [0.05, 0.1) is 12.7 Å². The fourth-order valence-electron chi connectivity index (χ4n) is 3.76. The third-order valence-electron chi connectivity index (χ3n) is 5.35. The molecule has 4 rings (SSSR count). The molecule has 9 nitrogen and oxygen atoms in total. The van der Waals surface area contributed by atoms with E-state index in [4.69, 9.17) is 9.15 Å². The zero-order valence-electron chi connectivity index (χ0n) is 18.1. The summed E-state index contributed by atoms with van der Waals surface area (Å²) in [7, 11) is 0. The molecule has 0 aliphatic carbocycles. The van der Waals surface area contributed by atoms with E-state index in [1.165, 1.54) is 4.90 Å². The number of oxazole rings is 1. The van der Waals surface area contributed by atoms with E-state index in [-0.39, 0.29) is 19.0 Å². The lowest BCUT2D eigenvalue weighted by molar-refractivity contribution is -0.131. The highest BCUT2D eigenvalue weighted by atomic mass is 16.6. The summed E-state index contributed by atoms with van der Waals surface area (Å²) in [5.41, 5.74) is 0.217. The number of likely N-dealkylation sites (tertiary alicyclic amines) is 1. The van der Waals surface area contributed by atoms with Gasteiger partial charge in [0.1, 0.15) is 17.7 Å². The number of amides is 4. The fraction of sp³-hybridized carbons (Fsp3) is 0.455. The van der Waals surface area contributed by atoms with Gasteiger partial charge in [0, 0.05) is 12.1 Å². The van der Waals surface area contributed by atoms with E-state index in [1.54, 1.807) is 27.0 Å². The minimum atomic E-state index is -1.14. The molecule has 2 aliphatic rings. The van der Waals surface area contributed by atoms with Gasteiger partial charge in [-0.1, -0.05) is 29.8 Å². The van der Waals surface area contributed by atoms with E-state index in [0.29, 0.717) is 18.7 Å². The average molecular weight is 426 g/mol. The van der Waals surface area contributed by atoms with Crippen molar-refractivity contribution in [1.82, 2.24) is 20.1 Å². The molecule has 1 atom stereocenters. The summed E-state index contributed by atoms with van der Waals surface area (Å²) in [4.78, 5) is 44.8. The van der Waals surface area contributed by atoms with Crippen LogP contribution < -0.4 is 5.32 Å². The molecular formula is C22H26N4O5. The van der Waals surface area contributed by atoms with Gasteiger partial charge in [0.15, 0.2) is 5.76 Å². The second kappa shape index (κ2) is 7.40. The molecule has 1 aromatic heterocycles. The molecule has 164 valence electrons. The largest absolute Gasteiger partial charge is 0.444 e. The Morgan fingerprint density at radius 3 is 2.65 bits per heavy atom. The number of nitrogens with one attached hydrogen (secondary N) is 1. The predicted octanol–water partition coefficient (Wildman–Crippen LogP) is 3.08. The van der Waals surface area contributed by atoms with Gasteiger partial charge >= 0.3 is 12.1 Å². The number of rotatable bonds is 3. The number of hydrogen-bond donors (Lipinski definition) is 1. The van der Waals surface area contributed by atoms with Crippen molar-refractivity contribution >= 4 is 18.0 Å². The highest BCUT2D eigenvalue weighted by molar-refractivity contribution is 6.07. The molecule has 0 saturated carbocycles. The minimum absolute atomic E-state index is 0.0726. The summed E-state index contributed by atoms with van der Waals surface area (Å²) in [5.74, 6) is 0.436. The van der Waals surface area contributed by atoms with Gasteiger partial charge in [0.2, 0.25) is 5.89 Å². The first-order chi connectivity index (χ1) is 14.6. The number of imide groups is 1. The lowest BCUT2D eigenvalue weighted by Crippen LogP contribution is -2.50. The molecule has 1 unspecified atom stereocenters. The Morgan fingerprint density at radius 2 is 1.97 bits per heavy atom. The van der Waals surface area contributed by atoms with E-state index in [0.717, 1.165) is 16.0 Å². The van der Waals surface area contributed by atoms with E-state index in [1.807, 2.05) is 31.2 Å². The number of benzene rings is 1. The van der Waals surface area contributed by atoms with Crippen LogP contribution in [0, 0.1) is 6.92 Å². The Morgan fingerprint density at radius 1 is 1.26 bits per heavy atom. The molecule has 1 N–H and O–H groups in total. The van der Waals surface area contributed by atoms with Crippen LogP contribution in [0.3, 0.4) is 0 Å². The topological polar surface area (TPSA) is 105 Å². The van der Waals surface area contributed by atoms with Crippen molar-refractivity contribution in [3.8, 4) is 11.3 Å². The number of carbonyl (C=O) groups is 3. The highest BCUT2D eigenvalue weighted by Crippen LogP contribution is 2.31. The van der Waals surface area contributed by atoms with Crippen LogP contribution in [0.1, 0.15) is 38.6 Å². The molecular weight excluding hydrogens is 400 g/mol. The zero-order valence-corrected chi connectivity index (χ0v) is 18.1. The van der Waals surface area contributed by atoms with Crippen LogP contribution in [0.4, 0.5) is 9.59 Å². The SMILES string of the molecule is Cc1ccc(-c2cnc(CN3C(=O)NC4(CCN(C(=O)OC(C)(C)C)C4)C3=O)o2)cc1. The van der Waals surface area contributed by atoms with Gasteiger partial charge in [-0.05, 0) is 34.1 Å². The van der Waals surface area contributed by atoms with Crippen molar-refractivity contribution in [1.29, 1.82) is 0 Å². The van der Waals surface area contributed by atoms with Crippen LogP contribution in [0.15, 0.2) is 34.9 Å². The van der Waals surface area contributed by atoms with Crippen LogP contribution in [0.5, 0.6) is 0 Å². The molecule has 0 bridgehead atoms. The molecule has 2 saturated heterocycles. The normalized spacial score (nSPS) is 21.2. The maximum atomic E-state index is 13.1. The molecule has 2 aliphatic heterocycles. The Hall–Kier alpha value is -3.36. The van der Waals surface area contributed by atoms with Gasteiger partial charge in [-0.25, -0.2) is 14.6 Å². The smallest absolute Gasteiger partial charge is 0.410 e. The van der Waals surface area contributed by atoms with Crippen LogP contribution >= 0.6 is 0 Å². The van der Waals surface area contributed by atoms with Crippen LogP contribution in [0.25, 0.3) is 11.3 Å². The quantitative estimate of drug-likeness (QED) is 0.757. The first kappa shape index (κ1) is 20.9. The van der Waals surface area contributed by atoms with Crippen LogP contribution in [-0.2, 0) is 16.1 Å². The summed E-state index contributed by atoms with van der Waals surface area (Å²) in [6.07, 6.45) is 1.40. The zero-order chi connectivity index (χ0) is 22.4. The first-order valence-corrected chi connectivity index (χ1v) is 10.2. The van der Waals surface area contributed by atoms with Crippen molar-refractivity contribution in [2.24, 2.45) is 0 Å². The van der Waals surface area contributed by atoms with Gasteiger partial charge in [-0.15, -0.1) is 0 Å². The molecule has 3 heterocycles. The molecule has 1 aromatic carbocycles. The number of aromatic nitrogens is 1. The molecule has 9 heteroatoms. The Balaban J connectivity index is 1.45. The minimum Gasteiger partial charge on any atom is -0.444 e. The molecule has 0 radical (unpaired) electrons. The monoisotopic (exact) mass is 426 g/mol. The van der Waals surface area contributed by atoms with E-state index in [9.17, 15) is 14.4 Å². The first-order valence-electron chi connectivity index (χ1n) is 10.2. The second-order valence-electron chi connectivity index (χ2n) is 9.04. The third kappa shape index (κ3) is 4.12. The maximum absolute atomic E-state index is 13.1. The summed E-state index contributed by atoms with van der Waals surface area (Å²) in [6, 6.07) is 7.26. The standard InChI is InChI=1S/C22H26N4O5/c1-14-5-7-15(8-6-14)16-11-23-17(30-16)12-26-18(27)22(24-19(26)28)9-10-25(13-22)20(29)31-21(2,3)4/h5-8,11H,9-10,12-13H2,1-4H3,(H,24,28). The van der Waals surface area contributed by atoms with Gasteiger partial charge in [-0.2, -0.15) is 0 Å². The average Bonchev–Trinajstić information content (AvgIpc) is 3.37. The van der Waals surface area contributed by atoms with E-state index in [2.05, 4.69) is 10.3 Å². The number of nitrogens with zero attached hydrogens (tertiary/aromatic N) is 3. The number of aryl methyl sites for hydroxylation is 1. The number of urea groups is 1.